The molecule has 0 radical (unpaired) electrons. The molecule has 1 heterocycles. The highest BCUT2D eigenvalue weighted by molar-refractivity contribution is 5.79. The van der Waals surface area contributed by atoms with Gasteiger partial charge in [-0.3, -0.25) is 4.79 Å². The van der Waals surface area contributed by atoms with Gasteiger partial charge in [0.1, 0.15) is 5.75 Å². The molecule has 1 aliphatic heterocycles. The van der Waals surface area contributed by atoms with Crippen LogP contribution in [0.1, 0.15) is 54.8 Å². The second-order valence-electron chi connectivity index (χ2n) is 8.43. The van der Waals surface area contributed by atoms with Gasteiger partial charge in [0.05, 0.1) is 12.6 Å². The molecule has 4 nitrogen and oxygen atoms in total. The van der Waals surface area contributed by atoms with Gasteiger partial charge in [-0.2, -0.15) is 0 Å². The van der Waals surface area contributed by atoms with Gasteiger partial charge in [-0.15, -0.1) is 0 Å². The van der Waals surface area contributed by atoms with E-state index in [1.165, 1.54) is 43.2 Å². The van der Waals surface area contributed by atoms with Crippen LogP contribution in [0.5, 0.6) is 5.75 Å². The summed E-state index contributed by atoms with van der Waals surface area (Å²) in [6.45, 7) is 1.86. The van der Waals surface area contributed by atoms with Crippen molar-refractivity contribution in [2.45, 2.75) is 51.0 Å². The van der Waals surface area contributed by atoms with E-state index in [2.05, 4.69) is 34.5 Å². The molecule has 4 rings (SSSR count). The van der Waals surface area contributed by atoms with Crippen LogP contribution in [-0.4, -0.2) is 35.5 Å². The number of hydrogen-bond acceptors (Lipinski definition) is 3. The third-order valence-corrected chi connectivity index (χ3v) is 6.59. The van der Waals surface area contributed by atoms with Gasteiger partial charge in [-0.05, 0) is 60.9 Å². The van der Waals surface area contributed by atoms with Crippen LogP contribution in [0.25, 0.3) is 0 Å². The predicted molar refractivity (Wildman–Crippen MR) is 116 cm³/mol. The number of benzene rings is 2. The Morgan fingerprint density at radius 3 is 2.62 bits per heavy atom. The summed E-state index contributed by atoms with van der Waals surface area (Å²) in [4.78, 5) is 15.3. The van der Waals surface area contributed by atoms with Gasteiger partial charge in [0.15, 0.2) is 0 Å². The number of fused-ring (bicyclic) bond motifs is 1. The summed E-state index contributed by atoms with van der Waals surface area (Å²) in [5.74, 6) is 1.11. The molecular formula is C25H32N2O2. The monoisotopic (exact) mass is 392 g/mol. The summed E-state index contributed by atoms with van der Waals surface area (Å²) in [6, 6.07) is 16.3. The first kappa shape index (κ1) is 20.0. The number of para-hydroxylation sites is 1. The van der Waals surface area contributed by atoms with Gasteiger partial charge >= 0.3 is 0 Å². The molecule has 4 heteroatoms. The highest BCUT2D eigenvalue weighted by atomic mass is 16.3. The Labute approximate surface area is 173 Å². The van der Waals surface area contributed by atoms with E-state index in [9.17, 15) is 9.90 Å². The van der Waals surface area contributed by atoms with Gasteiger partial charge in [0.2, 0.25) is 5.91 Å². The molecule has 2 aliphatic rings. The van der Waals surface area contributed by atoms with Crippen molar-refractivity contribution < 1.29 is 9.90 Å². The molecule has 1 unspecified atom stereocenters. The number of rotatable bonds is 6. The van der Waals surface area contributed by atoms with Crippen molar-refractivity contribution in [1.29, 1.82) is 0 Å². The zero-order valence-electron chi connectivity index (χ0n) is 17.1. The number of phenols is 1. The lowest BCUT2D eigenvalue weighted by molar-refractivity contribution is -0.134. The number of hydrogen-bond donors (Lipinski definition) is 2. The van der Waals surface area contributed by atoms with Gasteiger partial charge in [-0.25, -0.2) is 0 Å². The average molecular weight is 393 g/mol. The predicted octanol–water partition coefficient (Wildman–Crippen LogP) is 4.23. The minimum absolute atomic E-state index is 0.201. The Bertz CT molecular complexity index is 829. The van der Waals surface area contributed by atoms with Crippen LogP contribution >= 0.6 is 0 Å². The maximum atomic E-state index is 13.2. The lowest BCUT2D eigenvalue weighted by Crippen LogP contribution is -2.47. The first-order chi connectivity index (χ1) is 14.2. The largest absolute Gasteiger partial charge is 0.508 e. The lowest BCUT2D eigenvalue weighted by Gasteiger charge is -2.43. The third-order valence-electron chi connectivity index (χ3n) is 6.59. The van der Waals surface area contributed by atoms with E-state index in [1.54, 1.807) is 6.07 Å². The number of nitrogens with zero attached hydrogens (tertiary/aromatic N) is 1. The molecule has 0 saturated heterocycles. The number of aromatic hydroxyl groups is 1. The Morgan fingerprint density at radius 1 is 1.03 bits per heavy atom. The molecule has 2 aromatic rings. The minimum atomic E-state index is 0.201. The summed E-state index contributed by atoms with van der Waals surface area (Å²) in [6.07, 6.45) is 8.01. The normalized spacial score (nSPS) is 19.7. The van der Waals surface area contributed by atoms with Gasteiger partial charge in [0, 0.05) is 6.54 Å². The summed E-state index contributed by atoms with van der Waals surface area (Å²) in [7, 11) is 0. The summed E-state index contributed by atoms with van der Waals surface area (Å²) in [5, 5.41) is 13.2. The number of carbonyl (C=O) groups excluding carboxylic acids is 1. The maximum absolute atomic E-state index is 13.2. The fourth-order valence-corrected chi connectivity index (χ4v) is 5.08. The fraction of sp³-hybridized carbons (Fsp3) is 0.480. The number of nitrogens with one attached hydrogen (secondary N) is 1. The Kier molecular flexibility index (Phi) is 6.50. The molecular weight excluding hydrogens is 360 g/mol. The first-order valence-corrected chi connectivity index (χ1v) is 11.1. The van der Waals surface area contributed by atoms with Crippen LogP contribution in [0, 0.1) is 5.92 Å². The summed E-state index contributed by atoms with van der Waals surface area (Å²) >= 11 is 0. The molecule has 29 heavy (non-hydrogen) atoms. The number of carbonyl (C=O) groups is 1. The van der Waals surface area contributed by atoms with Crippen molar-refractivity contribution in [3.05, 3.63) is 65.2 Å². The van der Waals surface area contributed by atoms with E-state index in [0.29, 0.717) is 24.8 Å². The Hall–Kier alpha value is -2.33. The van der Waals surface area contributed by atoms with Crippen molar-refractivity contribution in [2.24, 2.45) is 5.92 Å². The van der Waals surface area contributed by atoms with Crippen molar-refractivity contribution >= 4 is 5.91 Å². The molecule has 2 aromatic carbocycles. The molecule has 0 spiro atoms. The van der Waals surface area contributed by atoms with Crippen molar-refractivity contribution in [2.75, 3.05) is 19.6 Å². The molecule has 1 saturated carbocycles. The molecule has 1 fully saturated rings. The molecule has 154 valence electrons. The SMILES string of the molecule is O=C(CNCCc1ccccc1O)N1CCc2ccccc2C1C1CCCCC1. The second kappa shape index (κ2) is 9.45. The van der Waals surface area contributed by atoms with Crippen LogP contribution < -0.4 is 5.32 Å². The van der Waals surface area contributed by atoms with Crippen LogP contribution in [0.2, 0.25) is 0 Å². The topological polar surface area (TPSA) is 52.6 Å². The summed E-state index contributed by atoms with van der Waals surface area (Å²) < 4.78 is 0. The van der Waals surface area contributed by atoms with E-state index in [4.69, 9.17) is 0 Å². The standard InChI is InChI=1S/C25H32N2O2/c28-23-13-7-5-9-20(23)14-16-26-18-24(29)27-17-15-19-8-4-6-12-22(19)25(27)21-10-2-1-3-11-21/h4-9,12-13,21,25-26,28H,1-3,10-11,14-18H2. The zero-order valence-corrected chi connectivity index (χ0v) is 17.1. The first-order valence-electron chi connectivity index (χ1n) is 11.1. The van der Waals surface area contributed by atoms with Crippen molar-refractivity contribution in [3.63, 3.8) is 0 Å². The minimum Gasteiger partial charge on any atom is -0.508 e. The van der Waals surface area contributed by atoms with E-state index >= 15 is 0 Å². The highest BCUT2D eigenvalue weighted by Crippen LogP contribution is 2.41. The van der Waals surface area contributed by atoms with Crippen LogP contribution in [0.15, 0.2) is 48.5 Å². The fourth-order valence-electron chi connectivity index (χ4n) is 5.08. The Morgan fingerprint density at radius 2 is 1.79 bits per heavy atom. The van der Waals surface area contributed by atoms with Crippen molar-refractivity contribution in [3.8, 4) is 5.75 Å². The second-order valence-corrected chi connectivity index (χ2v) is 8.43. The number of phenolic OH excluding ortho intramolecular Hbond substituents is 1. The van der Waals surface area contributed by atoms with Crippen LogP contribution in [0.4, 0.5) is 0 Å². The van der Waals surface area contributed by atoms with E-state index in [-0.39, 0.29) is 11.9 Å². The van der Waals surface area contributed by atoms with E-state index in [0.717, 1.165) is 24.9 Å². The number of amides is 1. The van der Waals surface area contributed by atoms with Gasteiger partial charge in [-0.1, -0.05) is 61.7 Å². The maximum Gasteiger partial charge on any atom is 0.237 e. The average Bonchev–Trinajstić information content (AvgIpc) is 2.77. The van der Waals surface area contributed by atoms with Crippen LogP contribution in [-0.2, 0) is 17.6 Å². The van der Waals surface area contributed by atoms with E-state index in [1.807, 2.05) is 18.2 Å². The molecule has 1 amide bonds. The lowest BCUT2D eigenvalue weighted by atomic mass is 9.77. The van der Waals surface area contributed by atoms with Crippen molar-refractivity contribution in [1.82, 2.24) is 10.2 Å². The zero-order chi connectivity index (χ0) is 20.1. The third kappa shape index (κ3) is 4.64. The van der Waals surface area contributed by atoms with Crippen LogP contribution in [0.3, 0.4) is 0 Å². The molecule has 1 aliphatic carbocycles. The quantitative estimate of drug-likeness (QED) is 0.724. The summed E-state index contributed by atoms with van der Waals surface area (Å²) in [5.41, 5.74) is 3.70. The highest BCUT2D eigenvalue weighted by Gasteiger charge is 2.36. The molecule has 0 bridgehead atoms. The smallest absolute Gasteiger partial charge is 0.237 e. The van der Waals surface area contributed by atoms with Gasteiger partial charge in [0.25, 0.3) is 0 Å². The Balaban J connectivity index is 1.40. The molecule has 1 atom stereocenters. The molecule has 2 N–H and O–H groups in total. The molecule has 0 aromatic heterocycles. The van der Waals surface area contributed by atoms with E-state index < -0.39 is 0 Å². The van der Waals surface area contributed by atoms with Gasteiger partial charge < -0.3 is 15.3 Å².